The van der Waals surface area contributed by atoms with Gasteiger partial charge in [-0.25, -0.2) is 4.79 Å². The zero-order valence-electron chi connectivity index (χ0n) is 16.5. The van der Waals surface area contributed by atoms with Crippen LogP contribution in [0.3, 0.4) is 0 Å². The smallest absolute Gasteiger partial charge is 0.332 e. The molecule has 0 radical (unpaired) electrons. The summed E-state index contributed by atoms with van der Waals surface area (Å²) in [7, 11) is 4.46. The SMILES string of the molecule is CN(CC(=O)c1c(N)n(C)c(=O)n(C)c1=O)c1ccc(Oc2ccccc2)cc1. The van der Waals surface area contributed by atoms with E-state index in [-0.39, 0.29) is 17.9 Å². The molecule has 0 spiro atoms. The van der Waals surface area contributed by atoms with Crippen LogP contribution in [-0.4, -0.2) is 28.5 Å². The van der Waals surface area contributed by atoms with Crippen LogP contribution in [0.4, 0.5) is 11.5 Å². The third-order valence-electron chi connectivity index (χ3n) is 4.63. The van der Waals surface area contributed by atoms with Gasteiger partial charge in [-0.05, 0) is 36.4 Å². The Morgan fingerprint density at radius 3 is 2.17 bits per heavy atom. The molecule has 8 heteroatoms. The summed E-state index contributed by atoms with van der Waals surface area (Å²) in [5, 5.41) is 0. The molecule has 0 amide bonds. The Balaban J connectivity index is 1.77. The minimum atomic E-state index is -0.699. The first-order chi connectivity index (χ1) is 13.8. The topological polar surface area (TPSA) is 99.6 Å². The van der Waals surface area contributed by atoms with Crippen LogP contribution >= 0.6 is 0 Å². The fourth-order valence-corrected chi connectivity index (χ4v) is 2.90. The molecule has 0 aliphatic heterocycles. The van der Waals surface area contributed by atoms with E-state index in [0.29, 0.717) is 5.75 Å². The molecule has 150 valence electrons. The lowest BCUT2D eigenvalue weighted by Gasteiger charge is -2.19. The molecule has 2 aromatic carbocycles. The van der Waals surface area contributed by atoms with Crippen molar-refractivity contribution in [3.05, 3.63) is 81.0 Å². The largest absolute Gasteiger partial charge is 0.457 e. The summed E-state index contributed by atoms with van der Waals surface area (Å²) >= 11 is 0. The maximum atomic E-state index is 12.7. The molecule has 8 nitrogen and oxygen atoms in total. The van der Waals surface area contributed by atoms with E-state index in [2.05, 4.69) is 0 Å². The number of ketones is 1. The fraction of sp³-hybridized carbons (Fsp3) is 0.190. The van der Waals surface area contributed by atoms with Gasteiger partial charge < -0.3 is 15.4 Å². The van der Waals surface area contributed by atoms with Crippen LogP contribution in [0.2, 0.25) is 0 Å². The van der Waals surface area contributed by atoms with Gasteiger partial charge in [0.15, 0.2) is 5.78 Å². The maximum absolute atomic E-state index is 12.7. The molecular formula is C21H22N4O4. The van der Waals surface area contributed by atoms with E-state index in [1.54, 1.807) is 24.1 Å². The highest BCUT2D eigenvalue weighted by Gasteiger charge is 2.21. The van der Waals surface area contributed by atoms with Gasteiger partial charge in [-0.2, -0.15) is 0 Å². The van der Waals surface area contributed by atoms with Crippen molar-refractivity contribution in [2.75, 3.05) is 24.2 Å². The Kier molecular flexibility index (Phi) is 5.54. The first kappa shape index (κ1) is 19.9. The van der Waals surface area contributed by atoms with Crippen molar-refractivity contribution in [1.29, 1.82) is 0 Å². The standard InChI is InChI=1S/C21H22N4O4/c1-23(13-17(26)18-19(22)24(2)21(28)25(3)20(18)27)14-9-11-16(12-10-14)29-15-7-5-4-6-8-15/h4-12H,13,22H2,1-3H3. The molecule has 29 heavy (non-hydrogen) atoms. The highest BCUT2D eigenvalue weighted by atomic mass is 16.5. The third-order valence-corrected chi connectivity index (χ3v) is 4.63. The summed E-state index contributed by atoms with van der Waals surface area (Å²) in [6, 6.07) is 16.6. The van der Waals surface area contributed by atoms with E-state index in [0.717, 1.165) is 20.6 Å². The summed E-state index contributed by atoms with van der Waals surface area (Å²) in [4.78, 5) is 38.7. The zero-order chi connectivity index (χ0) is 21.1. The van der Waals surface area contributed by atoms with Gasteiger partial charge in [-0.15, -0.1) is 0 Å². The fourth-order valence-electron chi connectivity index (χ4n) is 2.90. The molecule has 3 rings (SSSR count). The van der Waals surface area contributed by atoms with Crippen LogP contribution in [0.25, 0.3) is 0 Å². The number of rotatable bonds is 6. The van der Waals surface area contributed by atoms with E-state index >= 15 is 0 Å². The number of nitrogens with zero attached hydrogens (tertiary/aromatic N) is 3. The normalized spacial score (nSPS) is 10.6. The average Bonchev–Trinajstić information content (AvgIpc) is 2.72. The second kappa shape index (κ2) is 8.05. The maximum Gasteiger partial charge on any atom is 0.332 e. The van der Waals surface area contributed by atoms with Crippen molar-refractivity contribution in [3.8, 4) is 11.5 Å². The van der Waals surface area contributed by atoms with Crippen LogP contribution < -0.4 is 26.6 Å². The van der Waals surface area contributed by atoms with Crippen LogP contribution in [0.1, 0.15) is 10.4 Å². The van der Waals surface area contributed by atoms with Crippen LogP contribution in [0, 0.1) is 0 Å². The second-order valence-corrected chi connectivity index (χ2v) is 6.65. The number of carbonyl (C=O) groups is 1. The van der Waals surface area contributed by atoms with Crippen molar-refractivity contribution in [1.82, 2.24) is 9.13 Å². The monoisotopic (exact) mass is 394 g/mol. The highest BCUT2D eigenvalue weighted by molar-refractivity contribution is 6.02. The number of likely N-dealkylation sites (N-methyl/N-ethyl adjacent to an activating group) is 1. The minimum Gasteiger partial charge on any atom is -0.457 e. The van der Waals surface area contributed by atoms with Gasteiger partial charge in [0.2, 0.25) is 0 Å². The highest BCUT2D eigenvalue weighted by Crippen LogP contribution is 2.24. The van der Waals surface area contributed by atoms with Gasteiger partial charge in [0, 0.05) is 26.8 Å². The van der Waals surface area contributed by atoms with Gasteiger partial charge in [-0.1, -0.05) is 18.2 Å². The van der Waals surface area contributed by atoms with Crippen LogP contribution in [0.15, 0.2) is 64.2 Å². The molecule has 1 aromatic heterocycles. The Morgan fingerprint density at radius 2 is 1.55 bits per heavy atom. The first-order valence-electron chi connectivity index (χ1n) is 8.92. The van der Waals surface area contributed by atoms with Crippen LogP contribution in [-0.2, 0) is 14.1 Å². The predicted molar refractivity (Wildman–Crippen MR) is 112 cm³/mol. The Hall–Kier alpha value is -3.81. The number of hydrogen-bond donors (Lipinski definition) is 1. The van der Waals surface area contributed by atoms with Crippen molar-refractivity contribution in [2.45, 2.75) is 0 Å². The Bertz CT molecular complexity index is 1150. The number of hydrogen-bond acceptors (Lipinski definition) is 6. The lowest BCUT2D eigenvalue weighted by molar-refractivity contribution is 0.0998. The number of ether oxygens (including phenoxy) is 1. The van der Waals surface area contributed by atoms with Gasteiger partial charge in [0.05, 0.1) is 6.54 Å². The summed E-state index contributed by atoms with van der Waals surface area (Å²) < 4.78 is 7.72. The molecule has 0 aliphatic carbocycles. The van der Waals surface area contributed by atoms with Gasteiger partial charge in [0.25, 0.3) is 5.56 Å². The second-order valence-electron chi connectivity index (χ2n) is 6.65. The molecule has 0 atom stereocenters. The number of aromatic nitrogens is 2. The van der Waals surface area contributed by atoms with Gasteiger partial charge in [0.1, 0.15) is 22.9 Å². The van der Waals surface area contributed by atoms with Gasteiger partial charge in [-0.3, -0.25) is 18.7 Å². The van der Waals surface area contributed by atoms with E-state index in [1.165, 1.54) is 14.1 Å². The molecule has 0 bridgehead atoms. The van der Waals surface area contributed by atoms with Crippen molar-refractivity contribution in [2.24, 2.45) is 14.1 Å². The number of Topliss-reactive ketones (excluding diaryl/α,β-unsaturated/α-hetero) is 1. The molecule has 1 heterocycles. The Labute approximate surface area is 167 Å². The molecule has 0 saturated carbocycles. The van der Waals surface area contributed by atoms with Crippen molar-refractivity contribution >= 4 is 17.3 Å². The summed E-state index contributed by atoms with van der Waals surface area (Å²) in [6.07, 6.45) is 0. The van der Waals surface area contributed by atoms with Crippen molar-refractivity contribution in [3.63, 3.8) is 0 Å². The third kappa shape index (κ3) is 4.06. The number of carbonyl (C=O) groups excluding carboxylic acids is 1. The number of nitrogen functional groups attached to an aromatic ring is 1. The first-order valence-corrected chi connectivity index (χ1v) is 8.92. The lowest BCUT2D eigenvalue weighted by atomic mass is 10.1. The lowest BCUT2D eigenvalue weighted by Crippen LogP contribution is -2.43. The summed E-state index contributed by atoms with van der Waals surface area (Å²) in [5.41, 5.74) is 5.15. The predicted octanol–water partition coefficient (Wildman–Crippen LogP) is 1.78. The molecule has 0 unspecified atom stereocenters. The van der Waals surface area contributed by atoms with E-state index in [4.69, 9.17) is 10.5 Å². The van der Waals surface area contributed by atoms with E-state index in [9.17, 15) is 14.4 Å². The quantitative estimate of drug-likeness (QED) is 0.640. The average molecular weight is 394 g/mol. The molecule has 2 N–H and O–H groups in total. The van der Waals surface area contributed by atoms with Crippen molar-refractivity contribution < 1.29 is 9.53 Å². The molecular weight excluding hydrogens is 372 g/mol. The number of para-hydroxylation sites is 1. The molecule has 3 aromatic rings. The summed E-state index contributed by atoms with van der Waals surface area (Å²) in [5.74, 6) is 0.787. The van der Waals surface area contributed by atoms with Crippen LogP contribution in [0.5, 0.6) is 11.5 Å². The molecule has 0 fully saturated rings. The van der Waals surface area contributed by atoms with Gasteiger partial charge >= 0.3 is 5.69 Å². The number of benzene rings is 2. The minimum absolute atomic E-state index is 0.0729. The number of nitrogens with two attached hydrogens (primary N) is 1. The zero-order valence-corrected chi connectivity index (χ0v) is 16.5. The number of anilines is 2. The van der Waals surface area contributed by atoms with E-state index < -0.39 is 17.0 Å². The molecule has 0 saturated heterocycles. The summed E-state index contributed by atoms with van der Waals surface area (Å²) in [6.45, 7) is -0.0729. The van der Waals surface area contributed by atoms with E-state index in [1.807, 2.05) is 42.5 Å². The Morgan fingerprint density at radius 1 is 0.966 bits per heavy atom. The molecule has 0 aliphatic rings.